The first-order valence-electron chi connectivity index (χ1n) is 9.48. The van der Waals surface area contributed by atoms with Crippen molar-refractivity contribution in [2.24, 2.45) is 10.9 Å². The summed E-state index contributed by atoms with van der Waals surface area (Å²) in [5.74, 6) is 2.27. The second kappa shape index (κ2) is 10.4. The van der Waals surface area contributed by atoms with E-state index < -0.39 is 0 Å². The number of guanidine groups is 1. The number of morpholine rings is 1. The van der Waals surface area contributed by atoms with Crippen molar-refractivity contribution >= 4 is 5.96 Å². The Morgan fingerprint density at radius 3 is 2.38 bits per heavy atom. The minimum atomic E-state index is 0.262. The summed E-state index contributed by atoms with van der Waals surface area (Å²) in [6.45, 7) is 10.8. The molecule has 1 aromatic carbocycles. The molecule has 2 N–H and O–H groups in total. The SMILES string of the molecule is CN=C(NCC(c1ccc(OC)cc1)N1CCOCC1)NC(C)C(C)C. The third kappa shape index (κ3) is 5.88. The molecule has 1 fully saturated rings. The molecule has 26 heavy (non-hydrogen) atoms. The lowest BCUT2D eigenvalue weighted by atomic mass is 10.0. The molecule has 2 rings (SSSR count). The minimum Gasteiger partial charge on any atom is -0.497 e. The number of benzene rings is 1. The molecule has 1 aromatic rings. The van der Waals surface area contributed by atoms with Gasteiger partial charge in [0, 0.05) is 32.7 Å². The highest BCUT2D eigenvalue weighted by Crippen LogP contribution is 2.23. The number of rotatable bonds is 7. The predicted octanol–water partition coefficient (Wildman–Crippen LogP) is 2.28. The van der Waals surface area contributed by atoms with Crippen LogP contribution in [-0.4, -0.2) is 63.9 Å². The molecule has 2 unspecified atom stereocenters. The topological polar surface area (TPSA) is 58.1 Å². The number of nitrogens with zero attached hydrogens (tertiary/aromatic N) is 2. The third-order valence-corrected chi connectivity index (χ3v) is 5.04. The van der Waals surface area contributed by atoms with Crippen LogP contribution >= 0.6 is 0 Å². The minimum absolute atomic E-state index is 0.262. The first-order valence-corrected chi connectivity index (χ1v) is 9.48. The first-order chi connectivity index (χ1) is 12.5. The molecule has 0 aliphatic carbocycles. The van der Waals surface area contributed by atoms with Crippen molar-refractivity contribution in [3.05, 3.63) is 29.8 Å². The number of methoxy groups -OCH3 is 1. The van der Waals surface area contributed by atoms with Crippen LogP contribution in [0.5, 0.6) is 5.75 Å². The fourth-order valence-corrected chi connectivity index (χ4v) is 2.94. The van der Waals surface area contributed by atoms with Crippen LogP contribution < -0.4 is 15.4 Å². The Bertz CT molecular complexity index is 553. The highest BCUT2D eigenvalue weighted by Gasteiger charge is 2.23. The maximum Gasteiger partial charge on any atom is 0.191 e. The van der Waals surface area contributed by atoms with Crippen molar-refractivity contribution in [2.45, 2.75) is 32.9 Å². The van der Waals surface area contributed by atoms with Gasteiger partial charge in [0.2, 0.25) is 0 Å². The zero-order valence-corrected chi connectivity index (χ0v) is 16.8. The van der Waals surface area contributed by atoms with E-state index in [1.54, 1.807) is 7.11 Å². The molecule has 0 amide bonds. The maximum atomic E-state index is 5.53. The van der Waals surface area contributed by atoms with Crippen LogP contribution in [0.4, 0.5) is 0 Å². The molecule has 146 valence electrons. The summed E-state index contributed by atoms with van der Waals surface area (Å²) < 4.78 is 10.8. The molecule has 6 nitrogen and oxygen atoms in total. The summed E-state index contributed by atoms with van der Waals surface area (Å²) in [5, 5.41) is 6.97. The molecule has 0 bridgehead atoms. The van der Waals surface area contributed by atoms with Crippen LogP contribution in [0.25, 0.3) is 0 Å². The van der Waals surface area contributed by atoms with E-state index in [1.165, 1.54) is 5.56 Å². The van der Waals surface area contributed by atoms with Crippen LogP contribution in [0.3, 0.4) is 0 Å². The second-order valence-corrected chi connectivity index (χ2v) is 7.07. The van der Waals surface area contributed by atoms with E-state index in [0.29, 0.717) is 12.0 Å². The summed E-state index contributed by atoms with van der Waals surface area (Å²) in [5.41, 5.74) is 1.27. The Balaban J connectivity index is 2.07. The fourth-order valence-electron chi connectivity index (χ4n) is 2.94. The van der Waals surface area contributed by atoms with E-state index in [9.17, 15) is 0 Å². The number of hydrogen-bond acceptors (Lipinski definition) is 4. The lowest BCUT2D eigenvalue weighted by Crippen LogP contribution is -2.48. The van der Waals surface area contributed by atoms with Crippen molar-refractivity contribution in [1.29, 1.82) is 0 Å². The average molecular weight is 363 g/mol. The molecule has 1 saturated heterocycles. The van der Waals surface area contributed by atoms with E-state index in [-0.39, 0.29) is 6.04 Å². The Labute approximate surface area is 158 Å². The Morgan fingerprint density at radius 1 is 1.19 bits per heavy atom. The summed E-state index contributed by atoms with van der Waals surface area (Å²) in [6.07, 6.45) is 0. The van der Waals surface area contributed by atoms with Gasteiger partial charge in [-0.15, -0.1) is 0 Å². The van der Waals surface area contributed by atoms with Crippen LogP contribution in [0, 0.1) is 5.92 Å². The van der Waals surface area contributed by atoms with E-state index >= 15 is 0 Å². The van der Waals surface area contributed by atoms with E-state index in [1.807, 2.05) is 19.2 Å². The molecular weight excluding hydrogens is 328 g/mol. The number of ether oxygens (including phenoxy) is 2. The van der Waals surface area contributed by atoms with Gasteiger partial charge in [0.25, 0.3) is 0 Å². The standard InChI is InChI=1S/C20H34N4O2/c1-15(2)16(3)23-20(21-4)22-14-19(24-10-12-26-13-11-24)17-6-8-18(25-5)9-7-17/h6-9,15-16,19H,10-14H2,1-5H3,(H2,21,22,23). The highest BCUT2D eigenvalue weighted by atomic mass is 16.5. The van der Waals surface area contributed by atoms with Gasteiger partial charge in [-0.2, -0.15) is 0 Å². The summed E-state index contributed by atoms with van der Waals surface area (Å²) in [6, 6.07) is 8.97. The third-order valence-electron chi connectivity index (χ3n) is 5.04. The molecule has 1 aliphatic heterocycles. The number of hydrogen-bond donors (Lipinski definition) is 2. The van der Waals surface area contributed by atoms with Gasteiger partial charge in [-0.1, -0.05) is 26.0 Å². The fraction of sp³-hybridized carbons (Fsp3) is 0.650. The average Bonchev–Trinajstić information content (AvgIpc) is 2.68. The van der Waals surface area contributed by atoms with Crippen molar-refractivity contribution in [3.63, 3.8) is 0 Å². The van der Waals surface area contributed by atoms with E-state index in [0.717, 1.165) is 44.6 Å². The summed E-state index contributed by atoms with van der Waals surface area (Å²) in [7, 11) is 3.51. The lowest BCUT2D eigenvalue weighted by molar-refractivity contribution is 0.0170. The van der Waals surface area contributed by atoms with Gasteiger partial charge in [-0.3, -0.25) is 9.89 Å². The van der Waals surface area contributed by atoms with Gasteiger partial charge in [-0.05, 0) is 30.5 Å². The van der Waals surface area contributed by atoms with Crippen molar-refractivity contribution in [3.8, 4) is 5.75 Å². The molecule has 6 heteroatoms. The van der Waals surface area contributed by atoms with Gasteiger partial charge in [0.05, 0.1) is 26.4 Å². The Kier molecular flexibility index (Phi) is 8.19. The van der Waals surface area contributed by atoms with Crippen molar-refractivity contribution < 1.29 is 9.47 Å². The largest absolute Gasteiger partial charge is 0.497 e. The first kappa shape index (κ1) is 20.5. The smallest absolute Gasteiger partial charge is 0.191 e. The van der Waals surface area contributed by atoms with Crippen LogP contribution in [-0.2, 0) is 4.74 Å². The molecule has 1 heterocycles. The molecule has 2 atom stereocenters. The van der Waals surface area contributed by atoms with Gasteiger partial charge < -0.3 is 20.1 Å². The quantitative estimate of drug-likeness (QED) is 0.576. The maximum absolute atomic E-state index is 5.53. The van der Waals surface area contributed by atoms with E-state index in [4.69, 9.17) is 9.47 Å². The van der Waals surface area contributed by atoms with Gasteiger partial charge in [0.15, 0.2) is 5.96 Å². The molecule has 0 spiro atoms. The Hall–Kier alpha value is -1.79. The zero-order valence-electron chi connectivity index (χ0n) is 16.8. The van der Waals surface area contributed by atoms with Crippen LogP contribution in [0.15, 0.2) is 29.3 Å². The van der Waals surface area contributed by atoms with Crippen molar-refractivity contribution in [2.75, 3.05) is 47.0 Å². The normalized spacial score (nSPS) is 18.5. The number of nitrogens with one attached hydrogen (secondary N) is 2. The molecule has 1 aliphatic rings. The van der Waals surface area contributed by atoms with Gasteiger partial charge in [0.1, 0.15) is 5.75 Å². The molecule has 0 aromatic heterocycles. The molecular formula is C20H34N4O2. The molecule has 0 saturated carbocycles. The predicted molar refractivity (Wildman–Crippen MR) is 107 cm³/mol. The second-order valence-electron chi connectivity index (χ2n) is 7.07. The van der Waals surface area contributed by atoms with E-state index in [2.05, 4.69) is 53.4 Å². The lowest BCUT2D eigenvalue weighted by Gasteiger charge is -2.35. The van der Waals surface area contributed by atoms with Gasteiger partial charge >= 0.3 is 0 Å². The summed E-state index contributed by atoms with van der Waals surface area (Å²) >= 11 is 0. The number of aliphatic imine (C=N–C) groups is 1. The summed E-state index contributed by atoms with van der Waals surface area (Å²) in [4.78, 5) is 6.85. The zero-order chi connectivity index (χ0) is 18.9. The monoisotopic (exact) mass is 362 g/mol. The Morgan fingerprint density at radius 2 is 1.85 bits per heavy atom. The van der Waals surface area contributed by atoms with Crippen LogP contribution in [0.1, 0.15) is 32.4 Å². The van der Waals surface area contributed by atoms with Crippen LogP contribution in [0.2, 0.25) is 0 Å². The van der Waals surface area contributed by atoms with Gasteiger partial charge in [-0.25, -0.2) is 0 Å². The van der Waals surface area contributed by atoms with Crippen molar-refractivity contribution in [1.82, 2.24) is 15.5 Å². The molecule has 0 radical (unpaired) electrons. The highest BCUT2D eigenvalue weighted by molar-refractivity contribution is 5.80.